The highest BCUT2D eigenvalue weighted by molar-refractivity contribution is 7.88. The summed E-state index contributed by atoms with van der Waals surface area (Å²) in [5, 5.41) is 0. The number of nitrogens with zero attached hydrogens (tertiary/aromatic N) is 2. The van der Waals surface area contributed by atoms with E-state index in [9.17, 15) is 22.0 Å². The first kappa shape index (κ1) is 27.0. The van der Waals surface area contributed by atoms with Gasteiger partial charge in [-0.1, -0.05) is 24.3 Å². The van der Waals surface area contributed by atoms with Crippen LogP contribution in [-0.2, 0) is 26.0 Å². The first-order chi connectivity index (χ1) is 16.1. The zero-order chi connectivity index (χ0) is 26.2. The first-order valence-electron chi connectivity index (χ1n) is 11.1. The highest BCUT2D eigenvalue weighted by Crippen LogP contribution is 2.42. The van der Waals surface area contributed by atoms with Crippen LogP contribution in [0.2, 0.25) is 0 Å². The zero-order valence-electron chi connectivity index (χ0n) is 20.6. The molecule has 2 heterocycles. The standard InChI is InChI=1S/C24H31F2N3O5S/c1-23(2,3)34-22(30)29-20(12-25)21(33-24(29,4)5)16-9-7-15(8-10-16)17-11-18(26)19(27-13-17)14-28-35(6,31)32/h7-11,13,20-21,28H,12,14H2,1-6H3. The van der Waals surface area contributed by atoms with Crippen molar-refractivity contribution in [1.29, 1.82) is 0 Å². The Bertz CT molecular complexity index is 1180. The van der Waals surface area contributed by atoms with Crippen molar-refractivity contribution in [1.82, 2.24) is 14.6 Å². The summed E-state index contributed by atoms with van der Waals surface area (Å²) in [6.07, 6.45) is 1.05. The molecular weight excluding hydrogens is 480 g/mol. The zero-order valence-corrected chi connectivity index (χ0v) is 21.4. The maximum absolute atomic E-state index is 14.4. The molecule has 1 amide bonds. The Morgan fingerprint density at radius 3 is 2.37 bits per heavy atom. The maximum Gasteiger partial charge on any atom is 0.413 e. The van der Waals surface area contributed by atoms with Crippen LogP contribution in [-0.4, -0.2) is 54.7 Å². The SMILES string of the molecule is CC(C)(C)OC(=O)N1C(CF)C(c2ccc(-c3cnc(CNS(C)(=O)=O)c(F)c3)cc2)OC1(C)C. The fourth-order valence-corrected chi connectivity index (χ4v) is 4.31. The number of carbonyl (C=O) groups is 1. The topological polar surface area (TPSA) is 97.8 Å². The number of hydrogen-bond donors (Lipinski definition) is 1. The molecule has 2 unspecified atom stereocenters. The van der Waals surface area contributed by atoms with Gasteiger partial charge in [0.15, 0.2) is 0 Å². The molecule has 8 nitrogen and oxygen atoms in total. The molecule has 1 aromatic carbocycles. The van der Waals surface area contributed by atoms with Crippen LogP contribution < -0.4 is 4.72 Å². The van der Waals surface area contributed by atoms with E-state index in [4.69, 9.17) is 9.47 Å². The van der Waals surface area contributed by atoms with E-state index in [1.807, 2.05) is 0 Å². The van der Waals surface area contributed by atoms with Crippen molar-refractivity contribution in [2.24, 2.45) is 0 Å². The highest BCUT2D eigenvalue weighted by atomic mass is 32.2. The molecule has 1 aliphatic rings. The van der Waals surface area contributed by atoms with Gasteiger partial charge in [-0.3, -0.25) is 9.88 Å². The van der Waals surface area contributed by atoms with Crippen molar-refractivity contribution in [3.63, 3.8) is 0 Å². The molecule has 0 saturated carbocycles. The van der Waals surface area contributed by atoms with Gasteiger partial charge in [-0.25, -0.2) is 26.7 Å². The van der Waals surface area contributed by atoms with E-state index in [2.05, 4.69) is 9.71 Å². The average Bonchev–Trinajstić information content (AvgIpc) is 3.01. The Kier molecular flexibility index (Phi) is 7.54. The number of ether oxygens (including phenoxy) is 2. The van der Waals surface area contributed by atoms with Gasteiger partial charge in [0, 0.05) is 11.8 Å². The van der Waals surface area contributed by atoms with E-state index in [1.165, 1.54) is 17.2 Å². The summed E-state index contributed by atoms with van der Waals surface area (Å²) < 4.78 is 64.8. The van der Waals surface area contributed by atoms with Gasteiger partial charge < -0.3 is 9.47 Å². The van der Waals surface area contributed by atoms with Crippen LogP contribution in [0, 0.1) is 5.82 Å². The largest absolute Gasteiger partial charge is 0.444 e. The predicted octanol–water partition coefficient (Wildman–Crippen LogP) is 4.32. The summed E-state index contributed by atoms with van der Waals surface area (Å²) in [5.41, 5.74) is -0.0647. The van der Waals surface area contributed by atoms with E-state index in [0.717, 1.165) is 6.26 Å². The molecule has 11 heteroatoms. The summed E-state index contributed by atoms with van der Waals surface area (Å²) in [6, 6.07) is 7.30. The number of rotatable bonds is 6. The molecule has 1 fully saturated rings. The Morgan fingerprint density at radius 2 is 1.86 bits per heavy atom. The lowest BCUT2D eigenvalue weighted by atomic mass is 9.99. The summed E-state index contributed by atoms with van der Waals surface area (Å²) in [7, 11) is -3.48. The Labute approximate surface area is 204 Å². The normalized spacial score (nSPS) is 20.2. The molecule has 2 atom stereocenters. The van der Waals surface area contributed by atoms with Gasteiger partial charge in [0.1, 0.15) is 29.9 Å². The third kappa shape index (κ3) is 6.53. The van der Waals surface area contributed by atoms with Crippen molar-refractivity contribution >= 4 is 16.1 Å². The predicted molar refractivity (Wildman–Crippen MR) is 127 cm³/mol. The number of alkyl halides is 1. The molecule has 1 saturated heterocycles. The minimum atomic E-state index is -3.48. The highest BCUT2D eigenvalue weighted by Gasteiger charge is 2.51. The number of benzene rings is 1. The third-order valence-corrected chi connectivity index (χ3v) is 6.09. The van der Waals surface area contributed by atoms with E-state index in [-0.39, 0.29) is 12.2 Å². The molecule has 3 rings (SSSR count). The van der Waals surface area contributed by atoms with Gasteiger partial charge in [0.2, 0.25) is 10.0 Å². The molecule has 0 spiro atoms. The minimum Gasteiger partial charge on any atom is -0.444 e. The van der Waals surface area contributed by atoms with Gasteiger partial charge in [-0.15, -0.1) is 0 Å². The van der Waals surface area contributed by atoms with Crippen LogP contribution in [0.25, 0.3) is 11.1 Å². The monoisotopic (exact) mass is 511 g/mol. The van der Waals surface area contributed by atoms with Crippen LogP contribution in [0.1, 0.15) is 52.0 Å². The van der Waals surface area contributed by atoms with Crippen LogP contribution in [0.15, 0.2) is 36.5 Å². The smallest absolute Gasteiger partial charge is 0.413 e. The lowest BCUT2D eigenvalue weighted by molar-refractivity contribution is -0.0797. The molecular formula is C24H31F2N3O5S. The number of amides is 1. The first-order valence-corrected chi connectivity index (χ1v) is 13.0. The Hall–Kier alpha value is -2.63. The average molecular weight is 512 g/mol. The second-order valence-corrected chi connectivity index (χ2v) is 11.8. The number of nitrogens with one attached hydrogen (secondary N) is 1. The molecule has 0 radical (unpaired) electrons. The molecule has 35 heavy (non-hydrogen) atoms. The Morgan fingerprint density at radius 1 is 1.23 bits per heavy atom. The van der Waals surface area contributed by atoms with Crippen LogP contribution >= 0.6 is 0 Å². The van der Waals surface area contributed by atoms with Crippen LogP contribution in [0.4, 0.5) is 13.6 Å². The molecule has 0 aliphatic carbocycles. The van der Waals surface area contributed by atoms with Gasteiger partial charge in [0.25, 0.3) is 0 Å². The van der Waals surface area contributed by atoms with Crippen LogP contribution in [0.3, 0.4) is 0 Å². The molecule has 0 bridgehead atoms. The minimum absolute atomic E-state index is 0.0228. The van der Waals surface area contributed by atoms with E-state index in [1.54, 1.807) is 58.9 Å². The van der Waals surface area contributed by atoms with Crippen LogP contribution in [0.5, 0.6) is 0 Å². The van der Waals surface area contributed by atoms with Crippen molar-refractivity contribution < 1.29 is 31.5 Å². The lowest BCUT2D eigenvalue weighted by Crippen LogP contribution is -2.50. The quantitative estimate of drug-likeness (QED) is 0.620. The fourth-order valence-electron chi connectivity index (χ4n) is 3.91. The summed E-state index contributed by atoms with van der Waals surface area (Å²) >= 11 is 0. The summed E-state index contributed by atoms with van der Waals surface area (Å²) in [6.45, 7) is 7.50. The van der Waals surface area contributed by atoms with Gasteiger partial charge in [-0.2, -0.15) is 0 Å². The number of hydrogen-bond acceptors (Lipinski definition) is 6. The molecule has 1 N–H and O–H groups in total. The third-order valence-electron chi connectivity index (χ3n) is 5.42. The number of aromatic nitrogens is 1. The maximum atomic E-state index is 14.4. The molecule has 1 aromatic heterocycles. The number of sulfonamides is 1. The van der Waals surface area contributed by atoms with E-state index < -0.39 is 52.1 Å². The second kappa shape index (κ2) is 9.79. The van der Waals surface area contributed by atoms with Crippen molar-refractivity contribution in [2.45, 2.75) is 64.6 Å². The van der Waals surface area contributed by atoms with Crippen molar-refractivity contribution in [3.8, 4) is 11.1 Å². The van der Waals surface area contributed by atoms with Crippen molar-refractivity contribution in [3.05, 3.63) is 53.6 Å². The summed E-state index contributed by atoms with van der Waals surface area (Å²) in [5.74, 6) is -0.644. The molecule has 1 aliphatic heterocycles. The van der Waals surface area contributed by atoms with Crippen molar-refractivity contribution in [2.75, 3.05) is 12.9 Å². The Balaban J connectivity index is 1.81. The van der Waals surface area contributed by atoms with Gasteiger partial charge >= 0.3 is 6.09 Å². The second-order valence-electron chi connectivity index (χ2n) is 9.92. The number of pyridine rings is 1. The van der Waals surface area contributed by atoms with E-state index in [0.29, 0.717) is 16.7 Å². The number of halogens is 2. The van der Waals surface area contributed by atoms with Gasteiger partial charge in [-0.05, 0) is 51.8 Å². The molecule has 2 aromatic rings. The fraction of sp³-hybridized carbons (Fsp3) is 0.500. The lowest BCUT2D eigenvalue weighted by Gasteiger charge is -2.34. The summed E-state index contributed by atoms with van der Waals surface area (Å²) in [4.78, 5) is 18.1. The van der Waals surface area contributed by atoms with E-state index >= 15 is 0 Å². The van der Waals surface area contributed by atoms with Gasteiger partial charge in [0.05, 0.1) is 24.5 Å². The number of carbonyl (C=O) groups excluding carboxylic acids is 1. The molecule has 192 valence electrons.